The number of ether oxygens (including phenoxy) is 2. The maximum Gasteiger partial charge on any atom is 0.166 e. The Bertz CT molecular complexity index is 448. The van der Waals surface area contributed by atoms with Crippen molar-refractivity contribution >= 4 is 0 Å². The summed E-state index contributed by atoms with van der Waals surface area (Å²) in [7, 11) is 0. The summed E-state index contributed by atoms with van der Waals surface area (Å²) in [6.07, 6.45) is 12.7. The van der Waals surface area contributed by atoms with Crippen LogP contribution in [-0.2, 0) is 9.47 Å². The smallest absolute Gasteiger partial charge is 0.166 e. The quantitative estimate of drug-likeness (QED) is 0.359. The number of rotatable bonds is 10. The van der Waals surface area contributed by atoms with Crippen LogP contribution < -0.4 is 0 Å². The highest BCUT2D eigenvalue weighted by Gasteiger charge is 1.95. The van der Waals surface area contributed by atoms with Crippen LogP contribution in [0.25, 0.3) is 0 Å². The maximum atomic E-state index is 8.82. The minimum absolute atomic E-state index is 0. The highest BCUT2D eigenvalue weighted by atomic mass is 16.5. The molecule has 4 heteroatoms. The van der Waals surface area contributed by atoms with Gasteiger partial charge in [0.25, 0.3) is 0 Å². The standard InChI is InChI=1S/C18H26O4.2CH4/c1-3-5-7-10-18(22-16-14-20)12-8-11-17(9-6-4-2)21-15-13-19;;/h3-6,10-11,19-20H,7,9,13-16H2,1-2H3;2*1H4/b5-3+,6-4+,17-11-,18-10-;;. The van der Waals surface area contributed by atoms with Gasteiger partial charge in [0.2, 0.25) is 0 Å². The summed E-state index contributed by atoms with van der Waals surface area (Å²) in [5, 5.41) is 17.6. The zero-order valence-corrected chi connectivity index (χ0v) is 13.4. The Balaban J connectivity index is -0.00000220. The Labute approximate surface area is 148 Å². The predicted octanol–water partition coefficient (Wildman–Crippen LogP) is 3.98. The van der Waals surface area contributed by atoms with E-state index in [2.05, 4.69) is 11.8 Å². The van der Waals surface area contributed by atoms with Crippen LogP contribution in [-0.4, -0.2) is 36.6 Å². The van der Waals surface area contributed by atoms with E-state index in [1.807, 2.05) is 44.2 Å². The number of hydrogen-bond donors (Lipinski definition) is 2. The first kappa shape index (κ1) is 26.9. The second-order valence-corrected chi connectivity index (χ2v) is 4.17. The van der Waals surface area contributed by atoms with E-state index in [9.17, 15) is 0 Å². The van der Waals surface area contributed by atoms with Crippen LogP contribution in [0.4, 0.5) is 0 Å². The largest absolute Gasteiger partial charge is 0.495 e. The van der Waals surface area contributed by atoms with Gasteiger partial charge >= 0.3 is 0 Å². The van der Waals surface area contributed by atoms with E-state index >= 15 is 0 Å². The third-order valence-electron chi connectivity index (χ3n) is 2.39. The average Bonchev–Trinajstić information content (AvgIpc) is 2.54. The van der Waals surface area contributed by atoms with Crippen molar-refractivity contribution in [2.24, 2.45) is 0 Å². The van der Waals surface area contributed by atoms with Crippen LogP contribution in [0, 0.1) is 11.8 Å². The third kappa shape index (κ3) is 16.4. The molecule has 0 spiro atoms. The van der Waals surface area contributed by atoms with Gasteiger partial charge in [-0.25, -0.2) is 0 Å². The van der Waals surface area contributed by atoms with Crippen LogP contribution >= 0.6 is 0 Å². The fourth-order valence-corrected chi connectivity index (χ4v) is 1.37. The van der Waals surface area contributed by atoms with E-state index in [-0.39, 0.29) is 41.3 Å². The summed E-state index contributed by atoms with van der Waals surface area (Å²) in [5.41, 5.74) is 0. The van der Waals surface area contributed by atoms with Gasteiger partial charge in [0.1, 0.15) is 19.0 Å². The van der Waals surface area contributed by atoms with Crippen LogP contribution in [0.15, 0.2) is 48.0 Å². The van der Waals surface area contributed by atoms with Gasteiger partial charge < -0.3 is 19.7 Å². The van der Waals surface area contributed by atoms with Crippen LogP contribution in [0.5, 0.6) is 0 Å². The third-order valence-corrected chi connectivity index (χ3v) is 2.39. The van der Waals surface area contributed by atoms with Crippen LogP contribution in [0.1, 0.15) is 41.5 Å². The van der Waals surface area contributed by atoms with E-state index in [1.54, 1.807) is 6.08 Å². The summed E-state index contributed by atoms with van der Waals surface area (Å²) in [4.78, 5) is 0. The van der Waals surface area contributed by atoms with Crippen molar-refractivity contribution in [2.75, 3.05) is 26.4 Å². The summed E-state index contributed by atoms with van der Waals surface area (Å²) in [6.45, 7) is 4.25. The van der Waals surface area contributed by atoms with E-state index in [1.165, 1.54) is 0 Å². The molecule has 0 radical (unpaired) electrons. The molecule has 0 atom stereocenters. The first-order valence-electron chi connectivity index (χ1n) is 7.38. The van der Waals surface area contributed by atoms with Gasteiger partial charge in [-0.15, -0.1) is 0 Å². The molecule has 0 saturated carbocycles. The number of allylic oxidation sites excluding steroid dienone is 7. The van der Waals surface area contributed by atoms with Crippen LogP contribution in [0.2, 0.25) is 0 Å². The van der Waals surface area contributed by atoms with Gasteiger partial charge in [0, 0.05) is 12.5 Å². The van der Waals surface area contributed by atoms with Crippen molar-refractivity contribution in [1.82, 2.24) is 0 Å². The topological polar surface area (TPSA) is 58.9 Å². The molecule has 0 aliphatic rings. The van der Waals surface area contributed by atoms with E-state index in [4.69, 9.17) is 19.7 Å². The van der Waals surface area contributed by atoms with Crippen molar-refractivity contribution in [1.29, 1.82) is 0 Å². The minimum Gasteiger partial charge on any atom is -0.495 e. The van der Waals surface area contributed by atoms with E-state index in [0.29, 0.717) is 17.9 Å². The lowest BCUT2D eigenvalue weighted by Crippen LogP contribution is -1.99. The minimum atomic E-state index is -0.0510. The molecule has 4 nitrogen and oxygen atoms in total. The zero-order chi connectivity index (χ0) is 16.5. The SMILES string of the molecule is C.C.C/C=C/C/C=C(/C#C/C=C(/C/C=C/C)OCCO)OCCO. The molecule has 0 aliphatic carbocycles. The zero-order valence-electron chi connectivity index (χ0n) is 13.4. The normalized spacial score (nSPS) is 11.5. The number of hydrogen-bond acceptors (Lipinski definition) is 4. The lowest BCUT2D eigenvalue weighted by Gasteiger charge is -2.05. The van der Waals surface area contributed by atoms with Crippen LogP contribution in [0.3, 0.4) is 0 Å². The first-order chi connectivity index (χ1) is 10.8. The lowest BCUT2D eigenvalue weighted by molar-refractivity contribution is 0.142. The Morgan fingerprint density at radius 3 is 2.17 bits per heavy atom. The van der Waals surface area contributed by atoms with Gasteiger partial charge in [-0.3, -0.25) is 0 Å². The molecule has 0 fully saturated rings. The van der Waals surface area contributed by atoms with Crippen molar-refractivity contribution < 1.29 is 19.7 Å². The molecule has 0 bridgehead atoms. The van der Waals surface area contributed by atoms with Gasteiger partial charge in [-0.1, -0.05) is 45.1 Å². The Hall–Kier alpha value is -1.96. The van der Waals surface area contributed by atoms with Gasteiger partial charge in [-0.2, -0.15) is 0 Å². The molecule has 0 amide bonds. The average molecular weight is 338 g/mol. The molecule has 0 saturated heterocycles. The Kier molecular flexibility index (Phi) is 23.6. The second kappa shape index (κ2) is 21.0. The first-order valence-corrected chi connectivity index (χ1v) is 7.38. The lowest BCUT2D eigenvalue weighted by atomic mass is 10.3. The van der Waals surface area contributed by atoms with Crippen molar-refractivity contribution in [3.8, 4) is 11.8 Å². The Morgan fingerprint density at radius 1 is 0.958 bits per heavy atom. The molecule has 2 N–H and O–H groups in total. The molecular formula is C20H34O4. The highest BCUT2D eigenvalue weighted by Crippen LogP contribution is 2.05. The van der Waals surface area contributed by atoms with Gasteiger partial charge in [0.05, 0.1) is 13.2 Å². The molecule has 0 aromatic carbocycles. The summed E-state index contributed by atoms with van der Waals surface area (Å²) >= 11 is 0. The second-order valence-electron chi connectivity index (χ2n) is 4.17. The molecule has 0 aromatic rings. The molecule has 0 aromatic heterocycles. The fourth-order valence-electron chi connectivity index (χ4n) is 1.37. The summed E-state index contributed by atoms with van der Waals surface area (Å²) < 4.78 is 10.8. The number of aliphatic hydroxyl groups excluding tert-OH is 2. The van der Waals surface area contributed by atoms with Crippen molar-refractivity contribution in [2.45, 2.75) is 41.5 Å². The summed E-state index contributed by atoms with van der Waals surface area (Å²) in [6, 6.07) is 0. The highest BCUT2D eigenvalue weighted by molar-refractivity contribution is 5.30. The molecule has 0 aliphatic heterocycles. The van der Waals surface area contributed by atoms with Gasteiger partial charge in [0.15, 0.2) is 5.76 Å². The predicted molar refractivity (Wildman–Crippen MR) is 102 cm³/mol. The maximum absolute atomic E-state index is 8.82. The molecule has 24 heavy (non-hydrogen) atoms. The van der Waals surface area contributed by atoms with Crippen molar-refractivity contribution in [3.05, 3.63) is 48.0 Å². The van der Waals surface area contributed by atoms with E-state index < -0.39 is 0 Å². The monoisotopic (exact) mass is 338 g/mol. The summed E-state index contributed by atoms with van der Waals surface area (Å²) in [5.74, 6) is 7.00. The molecule has 0 rings (SSSR count). The van der Waals surface area contributed by atoms with E-state index in [0.717, 1.165) is 6.42 Å². The fraction of sp³-hybridized carbons (Fsp3) is 0.500. The molecular weight excluding hydrogens is 304 g/mol. The Morgan fingerprint density at radius 2 is 1.58 bits per heavy atom. The van der Waals surface area contributed by atoms with Crippen molar-refractivity contribution in [3.63, 3.8) is 0 Å². The van der Waals surface area contributed by atoms with Gasteiger partial charge in [-0.05, 0) is 32.3 Å². The molecule has 138 valence electrons. The number of aliphatic hydroxyl groups is 2. The molecule has 0 heterocycles. The molecule has 0 unspecified atom stereocenters.